The van der Waals surface area contributed by atoms with E-state index in [2.05, 4.69) is 12.2 Å². The lowest BCUT2D eigenvalue weighted by atomic mass is 10.1. The van der Waals surface area contributed by atoms with Crippen molar-refractivity contribution in [1.29, 1.82) is 0 Å². The van der Waals surface area contributed by atoms with Crippen molar-refractivity contribution in [3.8, 4) is 0 Å². The fourth-order valence-electron chi connectivity index (χ4n) is 1.43. The number of carbonyl (C=O) groups is 2. The summed E-state index contributed by atoms with van der Waals surface area (Å²) in [7, 11) is 0. The molecule has 0 aliphatic rings. The average Bonchev–Trinajstić information content (AvgIpc) is 2.73. The molecule has 0 saturated carbocycles. The number of carbonyl (C=O) groups excluding carboxylic acids is 1. The molecule has 0 saturated heterocycles. The summed E-state index contributed by atoms with van der Waals surface area (Å²) in [6, 6.07) is 3.12. The minimum absolute atomic E-state index is 0.0418. The molecule has 0 aromatic carbocycles. The van der Waals surface area contributed by atoms with Gasteiger partial charge in [0.15, 0.2) is 0 Å². The molecule has 0 spiro atoms. The molecule has 1 aromatic heterocycles. The quantitative estimate of drug-likeness (QED) is 0.734. The number of hydrogen-bond acceptors (Lipinski definition) is 3. The monoisotopic (exact) mass is 255 g/mol. The second kappa shape index (κ2) is 7.06. The van der Waals surface area contributed by atoms with Gasteiger partial charge in [0.05, 0.1) is 5.00 Å². The smallest absolute Gasteiger partial charge is 0.345 e. The number of amides is 1. The summed E-state index contributed by atoms with van der Waals surface area (Å²) in [5.74, 6) is -1.00. The van der Waals surface area contributed by atoms with E-state index >= 15 is 0 Å². The summed E-state index contributed by atoms with van der Waals surface area (Å²) in [5, 5.41) is 12.0. The molecule has 1 aromatic rings. The Hall–Kier alpha value is -1.36. The van der Waals surface area contributed by atoms with Gasteiger partial charge >= 0.3 is 5.97 Å². The highest BCUT2D eigenvalue weighted by Gasteiger charge is 2.08. The van der Waals surface area contributed by atoms with Crippen LogP contribution in [0.2, 0.25) is 0 Å². The van der Waals surface area contributed by atoms with Gasteiger partial charge in [0.1, 0.15) is 4.88 Å². The van der Waals surface area contributed by atoms with Crippen molar-refractivity contribution in [1.82, 2.24) is 0 Å². The van der Waals surface area contributed by atoms with Crippen molar-refractivity contribution in [2.75, 3.05) is 5.32 Å². The van der Waals surface area contributed by atoms with Crippen molar-refractivity contribution in [2.24, 2.45) is 0 Å². The van der Waals surface area contributed by atoms with Crippen molar-refractivity contribution in [3.63, 3.8) is 0 Å². The topological polar surface area (TPSA) is 66.4 Å². The summed E-state index contributed by atoms with van der Waals surface area (Å²) < 4.78 is 0. The number of rotatable bonds is 7. The summed E-state index contributed by atoms with van der Waals surface area (Å²) >= 11 is 1.08. The first-order valence-corrected chi connectivity index (χ1v) is 6.58. The van der Waals surface area contributed by atoms with E-state index in [1.807, 2.05) is 0 Å². The van der Waals surface area contributed by atoms with Crippen LogP contribution in [-0.2, 0) is 4.79 Å². The lowest BCUT2D eigenvalue weighted by Crippen LogP contribution is -2.09. The molecule has 94 valence electrons. The first kappa shape index (κ1) is 13.7. The normalized spacial score (nSPS) is 10.2. The van der Waals surface area contributed by atoms with Gasteiger partial charge in [-0.1, -0.05) is 26.2 Å². The highest BCUT2D eigenvalue weighted by molar-refractivity contribution is 7.18. The van der Waals surface area contributed by atoms with Crippen LogP contribution in [-0.4, -0.2) is 17.0 Å². The zero-order valence-electron chi connectivity index (χ0n) is 9.86. The molecule has 1 rings (SSSR count). The first-order valence-electron chi connectivity index (χ1n) is 5.76. The van der Waals surface area contributed by atoms with Gasteiger partial charge in [-0.3, -0.25) is 4.79 Å². The van der Waals surface area contributed by atoms with E-state index in [1.54, 1.807) is 6.07 Å². The molecule has 0 bridgehead atoms. The van der Waals surface area contributed by atoms with Gasteiger partial charge in [-0.15, -0.1) is 11.3 Å². The minimum atomic E-state index is -0.960. The fourth-order valence-corrected chi connectivity index (χ4v) is 2.19. The minimum Gasteiger partial charge on any atom is -0.477 e. The standard InChI is InChI=1S/C12H17NO3S/c1-2-3-4-5-6-10(14)13-11-8-7-9(17-11)12(15)16/h7-8H,2-6H2,1H3,(H,13,14)(H,15,16). The Morgan fingerprint density at radius 3 is 2.65 bits per heavy atom. The maximum Gasteiger partial charge on any atom is 0.345 e. The van der Waals surface area contributed by atoms with Gasteiger partial charge in [0.2, 0.25) is 5.91 Å². The van der Waals surface area contributed by atoms with Gasteiger partial charge in [0, 0.05) is 6.42 Å². The van der Waals surface area contributed by atoms with E-state index in [9.17, 15) is 9.59 Å². The third kappa shape index (κ3) is 4.99. The van der Waals surface area contributed by atoms with Crippen LogP contribution in [0.5, 0.6) is 0 Å². The van der Waals surface area contributed by atoms with E-state index in [-0.39, 0.29) is 10.8 Å². The molecule has 1 heterocycles. The zero-order chi connectivity index (χ0) is 12.7. The average molecular weight is 255 g/mol. The molecule has 0 radical (unpaired) electrons. The molecule has 0 aliphatic carbocycles. The highest BCUT2D eigenvalue weighted by Crippen LogP contribution is 2.22. The molecule has 4 nitrogen and oxygen atoms in total. The Morgan fingerprint density at radius 1 is 1.29 bits per heavy atom. The molecule has 0 fully saturated rings. The van der Waals surface area contributed by atoms with Crippen LogP contribution >= 0.6 is 11.3 Å². The second-order valence-corrected chi connectivity index (χ2v) is 4.91. The summed E-state index contributed by atoms with van der Waals surface area (Å²) in [6.45, 7) is 2.12. The lowest BCUT2D eigenvalue weighted by molar-refractivity contribution is -0.116. The van der Waals surface area contributed by atoms with Gasteiger partial charge < -0.3 is 10.4 Å². The zero-order valence-corrected chi connectivity index (χ0v) is 10.7. The fraction of sp³-hybridized carbons (Fsp3) is 0.500. The number of nitrogens with one attached hydrogen (secondary N) is 1. The van der Waals surface area contributed by atoms with Crippen molar-refractivity contribution in [2.45, 2.75) is 39.0 Å². The van der Waals surface area contributed by atoms with E-state index in [1.165, 1.54) is 6.07 Å². The predicted molar refractivity (Wildman–Crippen MR) is 68.7 cm³/mol. The van der Waals surface area contributed by atoms with Crippen LogP contribution in [0.25, 0.3) is 0 Å². The summed E-state index contributed by atoms with van der Waals surface area (Å²) in [6.07, 6.45) is 4.75. The van der Waals surface area contributed by atoms with Crippen LogP contribution in [0.3, 0.4) is 0 Å². The molecule has 17 heavy (non-hydrogen) atoms. The predicted octanol–water partition coefficient (Wildman–Crippen LogP) is 3.36. The number of thiophene rings is 1. The molecule has 0 atom stereocenters. The van der Waals surface area contributed by atoms with Crippen molar-refractivity contribution >= 4 is 28.2 Å². The SMILES string of the molecule is CCCCCCC(=O)Nc1ccc(C(=O)O)s1. The Morgan fingerprint density at radius 2 is 2.06 bits per heavy atom. The Bertz CT molecular complexity index is 387. The van der Waals surface area contributed by atoms with E-state index in [0.29, 0.717) is 11.4 Å². The number of carboxylic acids is 1. The van der Waals surface area contributed by atoms with Crippen LogP contribution in [0.15, 0.2) is 12.1 Å². The highest BCUT2D eigenvalue weighted by atomic mass is 32.1. The van der Waals surface area contributed by atoms with Crippen LogP contribution < -0.4 is 5.32 Å². The Labute approximate surface area is 105 Å². The number of hydrogen-bond donors (Lipinski definition) is 2. The van der Waals surface area contributed by atoms with Crippen LogP contribution in [0.4, 0.5) is 5.00 Å². The number of unbranched alkanes of at least 4 members (excludes halogenated alkanes) is 3. The van der Waals surface area contributed by atoms with Crippen LogP contribution in [0, 0.1) is 0 Å². The third-order valence-corrected chi connectivity index (χ3v) is 3.33. The van der Waals surface area contributed by atoms with Crippen molar-refractivity contribution < 1.29 is 14.7 Å². The van der Waals surface area contributed by atoms with Crippen LogP contribution in [0.1, 0.15) is 48.7 Å². The molecule has 1 amide bonds. The van der Waals surface area contributed by atoms with E-state index < -0.39 is 5.97 Å². The molecular formula is C12H17NO3S. The largest absolute Gasteiger partial charge is 0.477 e. The Kier molecular flexibility index (Phi) is 5.69. The number of carboxylic acid groups (broad SMARTS) is 1. The van der Waals surface area contributed by atoms with Crippen molar-refractivity contribution in [3.05, 3.63) is 17.0 Å². The van der Waals surface area contributed by atoms with Gasteiger partial charge in [-0.25, -0.2) is 4.79 Å². The maximum absolute atomic E-state index is 11.5. The lowest BCUT2D eigenvalue weighted by Gasteiger charge is -2.01. The van der Waals surface area contributed by atoms with Gasteiger partial charge in [0.25, 0.3) is 0 Å². The molecule has 0 aliphatic heterocycles. The number of anilines is 1. The number of aromatic carboxylic acids is 1. The Balaban J connectivity index is 2.32. The van der Waals surface area contributed by atoms with Gasteiger partial charge in [-0.05, 0) is 18.6 Å². The molecule has 0 unspecified atom stereocenters. The second-order valence-electron chi connectivity index (χ2n) is 3.83. The van der Waals surface area contributed by atoms with E-state index in [0.717, 1.165) is 37.0 Å². The summed E-state index contributed by atoms with van der Waals surface area (Å²) in [5.41, 5.74) is 0. The molecule has 2 N–H and O–H groups in total. The first-order chi connectivity index (χ1) is 8.13. The van der Waals surface area contributed by atoms with E-state index in [4.69, 9.17) is 5.11 Å². The third-order valence-electron chi connectivity index (χ3n) is 2.34. The molecule has 5 heteroatoms. The van der Waals surface area contributed by atoms with Gasteiger partial charge in [-0.2, -0.15) is 0 Å². The summed E-state index contributed by atoms with van der Waals surface area (Å²) in [4.78, 5) is 22.4. The molecular weight excluding hydrogens is 238 g/mol. The maximum atomic E-state index is 11.5.